The Morgan fingerprint density at radius 1 is 1.12 bits per heavy atom. The van der Waals surface area contributed by atoms with Crippen LogP contribution < -0.4 is 5.32 Å². The third-order valence-electron chi connectivity index (χ3n) is 3.83. The molecule has 2 aromatic rings. The highest BCUT2D eigenvalue weighted by Crippen LogP contribution is 2.41. The molecule has 0 spiro atoms. The summed E-state index contributed by atoms with van der Waals surface area (Å²) in [6.07, 6.45) is -4.40. The monoisotopic (exact) mass is 401 g/mol. The van der Waals surface area contributed by atoms with Gasteiger partial charge in [0.25, 0.3) is 0 Å². The van der Waals surface area contributed by atoms with E-state index in [0.717, 1.165) is 0 Å². The van der Waals surface area contributed by atoms with Crippen LogP contribution in [0.4, 0.5) is 13.2 Å². The second-order valence-corrected chi connectivity index (χ2v) is 5.65. The number of hydrogen-bond acceptors (Lipinski definition) is 3. The first-order valence-electron chi connectivity index (χ1n) is 7.03. The zero-order chi connectivity index (χ0) is 15.7. The van der Waals surface area contributed by atoms with E-state index >= 15 is 0 Å². The van der Waals surface area contributed by atoms with Gasteiger partial charge < -0.3 is 5.32 Å². The Hall–Kier alpha value is -0.790. The van der Waals surface area contributed by atoms with E-state index in [9.17, 15) is 13.2 Å². The van der Waals surface area contributed by atoms with E-state index in [4.69, 9.17) is 11.6 Å². The van der Waals surface area contributed by atoms with Gasteiger partial charge in [0.2, 0.25) is 0 Å². The largest absolute Gasteiger partial charge is 0.408 e. The molecular weight excluding hydrogens is 386 g/mol. The van der Waals surface area contributed by atoms with Crippen molar-refractivity contribution in [2.75, 3.05) is 26.2 Å². The molecule has 1 aliphatic heterocycles. The number of halogens is 6. The maximum Gasteiger partial charge on any atom is 0.408 e. The van der Waals surface area contributed by atoms with E-state index in [2.05, 4.69) is 10.3 Å². The van der Waals surface area contributed by atoms with E-state index in [1.54, 1.807) is 24.3 Å². The minimum absolute atomic E-state index is 0. The van der Waals surface area contributed by atoms with Crippen LogP contribution in [-0.2, 0) is 0 Å². The maximum atomic E-state index is 13.6. The maximum absolute atomic E-state index is 13.6. The van der Waals surface area contributed by atoms with Crippen LogP contribution in [0.5, 0.6) is 0 Å². The van der Waals surface area contributed by atoms with Gasteiger partial charge >= 0.3 is 6.18 Å². The molecule has 9 heteroatoms. The van der Waals surface area contributed by atoms with Crippen molar-refractivity contribution in [3.05, 3.63) is 41.0 Å². The first-order valence-corrected chi connectivity index (χ1v) is 7.41. The average molecular weight is 403 g/mol. The fourth-order valence-electron chi connectivity index (χ4n) is 2.82. The summed E-state index contributed by atoms with van der Waals surface area (Å²) in [5, 5.41) is 3.63. The fourth-order valence-corrected chi connectivity index (χ4v) is 3.07. The number of alkyl halides is 3. The number of nitrogens with one attached hydrogen (secondary N) is 1. The Kier molecular flexibility index (Phi) is 7.56. The van der Waals surface area contributed by atoms with Crippen molar-refractivity contribution in [1.29, 1.82) is 0 Å². The topological polar surface area (TPSA) is 28.2 Å². The predicted molar refractivity (Wildman–Crippen MR) is 94.5 cm³/mol. The normalized spacial score (nSPS) is 17.0. The van der Waals surface area contributed by atoms with Crippen molar-refractivity contribution >= 4 is 47.3 Å². The Morgan fingerprint density at radius 2 is 1.75 bits per heavy atom. The highest BCUT2D eigenvalue weighted by Gasteiger charge is 2.46. The van der Waals surface area contributed by atoms with Gasteiger partial charge in [0.1, 0.15) is 11.2 Å². The van der Waals surface area contributed by atoms with Crippen molar-refractivity contribution in [3.63, 3.8) is 0 Å². The molecule has 134 valence electrons. The zero-order valence-corrected chi connectivity index (χ0v) is 14.9. The van der Waals surface area contributed by atoms with Crippen molar-refractivity contribution in [2.24, 2.45) is 0 Å². The van der Waals surface area contributed by atoms with Gasteiger partial charge in [-0.25, -0.2) is 4.98 Å². The number of hydrogen-bond donors (Lipinski definition) is 1. The SMILES string of the molecule is Cl.Cl.FC(F)(F)[C@@H](c1cc2ccccc2nc1Cl)N1CCNCC1. The lowest BCUT2D eigenvalue weighted by atomic mass is 10.0. The summed E-state index contributed by atoms with van der Waals surface area (Å²) < 4.78 is 40.9. The summed E-state index contributed by atoms with van der Waals surface area (Å²) in [5.74, 6) is 0. The molecular formula is C15H17Cl3F3N3. The smallest absolute Gasteiger partial charge is 0.314 e. The van der Waals surface area contributed by atoms with Crippen LogP contribution >= 0.6 is 36.4 Å². The quantitative estimate of drug-likeness (QED) is 0.762. The molecule has 1 N–H and O–H groups in total. The summed E-state index contributed by atoms with van der Waals surface area (Å²) in [6.45, 7) is 1.72. The summed E-state index contributed by atoms with van der Waals surface area (Å²) in [6, 6.07) is 6.81. The number of nitrogens with zero attached hydrogens (tertiary/aromatic N) is 2. The number of rotatable bonds is 2. The molecule has 0 aliphatic carbocycles. The second kappa shape index (κ2) is 8.54. The summed E-state index contributed by atoms with van der Waals surface area (Å²) in [4.78, 5) is 5.54. The number of piperazine rings is 1. The highest BCUT2D eigenvalue weighted by atomic mass is 35.5. The molecule has 1 aromatic carbocycles. The zero-order valence-electron chi connectivity index (χ0n) is 12.5. The van der Waals surface area contributed by atoms with Crippen molar-refractivity contribution in [3.8, 4) is 0 Å². The lowest BCUT2D eigenvalue weighted by Crippen LogP contribution is -2.49. The Balaban J connectivity index is 0.00000144. The minimum atomic E-state index is -4.40. The molecule has 1 atom stereocenters. The third-order valence-corrected chi connectivity index (χ3v) is 4.13. The highest BCUT2D eigenvalue weighted by molar-refractivity contribution is 6.30. The van der Waals surface area contributed by atoms with Crippen LogP contribution in [0, 0.1) is 0 Å². The van der Waals surface area contributed by atoms with E-state index in [1.807, 2.05) is 0 Å². The molecule has 0 saturated carbocycles. The van der Waals surface area contributed by atoms with Crippen LogP contribution in [-0.4, -0.2) is 42.2 Å². The van der Waals surface area contributed by atoms with Crippen LogP contribution in [0.3, 0.4) is 0 Å². The van der Waals surface area contributed by atoms with Gasteiger partial charge in [-0.1, -0.05) is 29.8 Å². The van der Waals surface area contributed by atoms with Crippen LogP contribution in [0.2, 0.25) is 5.15 Å². The van der Waals surface area contributed by atoms with Gasteiger partial charge in [0, 0.05) is 37.1 Å². The number of fused-ring (bicyclic) bond motifs is 1. The molecule has 24 heavy (non-hydrogen) atoms. The van der Waals surface area contributed by atoms with E-state index < -0.39 is 12.2 Å². The van der Waals surface area contributed by atoms with E-state index in [-0.39, 0.29) is 35.5 Å². The predicted octanol–water partition coefficient (Wildman–Crippen LogP) is 4.24. The first-order chi connectivity index (χ1) is 10.5. The third kappa shape index (κ3) is 4.43. The van der Waals surface area contributed by atoms with Crippen LogP contribution in [0.1, 0.15) is 11.6 Å². The van der Waals surface area contributed by atoms with E-state index in [1.165, 1.54) is 11.0 Å². The van der Waals surface area contributed by atoms with Crippen molar-refractivity contribution < 1.29 is 13.2 Å². The van der Waals surface area contributed by atoms with Gasteiger partial charge in [-0.2, -0.15) is 13.2 Å². The number of benzene rings is 1. The summed E-state index contributed by atoms with van der Waals surface area (Å²) in [7, 11) is 0. The summed E-state index contributed by atoms with van der Waals surface area (Å²) >= 11 is 6.07. The lowest BCUT2D eigenvalue weighted by molar-refractivity contribution is -0.187. The van der Waals surface area contributed by atoms with Gasteiger partial charge in [0.05, 0.1) is 5.52 Å². The van der Waals surface area contributed by atoms with Crippen molar-refractivity contribution in [1.82, 2.24) is 15.2 Å². The molecule has 1 saturated heterocycles. The van der Waals surface area contributed by atoms with Gasteiger partial charge in [-0.3, -0.25) is 4.90 Å². The fraction of sp³-hybridized carbons (Fsp3) is 0.400. The Bertz CT molecular complexity index is 676. The Morgan fingerprint density at radius 3 is 2.38 bits per heavy atom. The van der Waals surface area contributed by atoms with Crippen molar-refractivity contribution in [2.45, 2.75) is 12.2 Å². The van der Waals surface area contributed by atoms with Gasteiger partial charge in [0.15, 0.2) is 0 Å². The molecule has 0 bridgehead atoms. The molecule has 3 nitrogen and oxygen atoms in total. The molecule has 0 radical (unpaired) electrons. The molecule has 3 rings (SSSR count). The molecule has 2 heterocycles. The van der Waals surface area contributed by atoms with Gasteiger partial charge in [-0.15, -0.1) is 24.8 Å². The van der Waals surface area contributed by atoms with Gasteiger partial charge in [-0.05, 0) is 12.1 Å². The molecule has 1 aliphatic rings. The molecule has 1 fully saturated rings. The first kappa shape index (κ1) is 21.3. The molecule has 0 unspecified atom stereocenters. The molecule has 1 aromatic heterocycles. The number of aromatic nitrogens is 1. The van der Waals surface area contributed by atoms with Crippen LogP contribution in [0.15, 0.2) is 30.3 Å². The number of pyridine rings is 1. The average Bonchev–Trinajstić information content (AvgIpc) is 2.48. The molecule has 0 amide bonds. The second-order valence-electron chi connectivity index (χ2n) is 5.29. The summed E-state index contributed by atoms with van der Waals surface area (Å²) in [5.41, 5.74) is 0.618. The van der Waals surface area contributed by atoms with Crippen LogP contribution in [0.25, 0.3) is 10.9 Å². The standard InChI is InChI=1S/C15H15ClF3N3.2ClH/c16-14-11(9-10-3-1-2-4-12(10)21-14)13(15(17,18)19)22-7-5-20-6-8-22;;/h1-4,9,13,20H,5-8H2;2*1H/t13-;;/m1../s1. The number of para-hydroxylation sites is 1. The lowest BCUT2D eigenvalue weighted by Gasteiger charge is -2.36. The Labute approximate surface area is 155 Å². The minimum Gasteiger partial charge on any atom is -0.314 e. The van der Waals surface area contributed by atoms with E-state index in [0.29, 0.717) is 37.1 Å².